The summed E-state index contributed by atoms with van der Waals surface area (Å²) in [5.41, 5.74) is 6.07. The van der Waals surface area contributed by atoms with Crippen LogP contribution in [0.5, 0.6) is 0 Å². The maximum absolute atomic E-state index is 12.3. The molecular weight excluding hydrogens is 290 g/mol. The summed E-state index contributed by atoms with van der Waals surface area (Å²) in [6, 6.07) is 7.07. The van der Waals surface area contributed by atoms with Crippen LogP contribution >= 0.6 is 11.6 Å². The number of nitrogens with one attached hydrogen (secondary N) is 2. The zero-order valence-electron chi connectivity index (χ0n) is 12.1. The molecule has 7 heteroatoms. The highest BCUT2D eigenvalue weighted by Crippen LogP contribution is 2.14. The lowest BCUT2D eigenvalue weighted by Crippen LogP contribution is -2.31. The number of aryl methyl sites for hydroxylation is 1. The Morgan fingerprint density at radius 3 is 2.76 bits per heavy atom. The van der Waals surface area contributed by atoms with Crippen molar-refractivity contribution < 1.29 is 0 Å². The van der Waals surface area contributed by atoms with Crippen molar-refractivity contribution in [1.29, 1.82) is 0 Å². The van der Waals surface area contributed by atoms with E-state index in [1.54, 1.807) is 24.3 Å². The quantitative estimate of drug-likeness (QED) is 0.632. The fraction of sp³-hybridized carbons (Fsp3) is 0.357. The molecule has 0 radical (unpaired) electrons. The molecule has 0 amide bonds. The van der Waals surface area contributed by atoms with Crippen LogP contribution in [-0.4, -0.2) is 21.1 Å². The van der Waals surface area contributed by atoms with Crippen LogP contribution in [0.2, 0.25) is 5.02 Å². The molecule has 0 aliphatic carbocycles. The van der Waals surface area contributed by atoms with Crippen LogP contribution in [0.3, 0.4) is 0 Å². The molecule has 0 unspecified atom stereocenters. The van der Waals surface area contributed by atoms with Gasteiger partial charge in [-0.3, -0.25) is 5.43 Å². The second kappa shape index (κ2) is 7.19. The molecule has 1 aromatic heterocycles. The number of rotatable bonds is 6. The fourth-order valence-electron chi connectivity index (χ4n) is 1.88. The van der Waals surface area contributed by atoms with Crippen molar-refractivity contribution in [3.05, 3.63) is 45.6 Å². The molecule has 0 saturated heterocycles. The van der Waals surface area contributed by atoms with Crippen LogP contribution in [0.15, 0.2) is 29.1 Å². The van der Waals surface area contributed by atoms with E-state index < -0.39 is 0 Å². The zero-order valence-corrected chi connectivity index (χ0v) is 12.8. The minimum atomic E-state index is -0.384. The van der Waals surface area contributed by atoms with E-state index in [2.05, 4.69) is 20.8 Å². The van der Waals surface area contributed by atoms with E-state index in [4.69, 9.17) is 11.6 Å². The van der Waals surface area contributed by atoms with E-state index in [9.17, 15) is 4.79 Å². The molecule has 112 valence electrons. The predicted octanol–water partition coefficient (Wildman–Crippen LogP) is 2.17. The monoisotopic (exact) mass is 307 g/mol. The first-order valence-electron chi connectivity index (χ1n) is 6.90. The van der Waals surface area contributed by atoms with Crippen LogP contribution in [0.25, 0.3) is 5.69 Å². The third-order valence-corrected chi connectivity index (χ3v) is 3.08. The minimum Gasteiger partial charge on any atom is -0.289 e. The van der Waals surface area contributed by atoms with Crippen molar-refractivity contribution in [3.63, 3.8) is 0 Å². The van der Waals surface area contributed by atoms with Gasteiger partial charge < -0.3 is 0 Å². The second-order valence-corrected chi connectivity index (χ2v) is 4.90. The number of benzene rings is 1. The van der Waals surface area contributed by atoms with Gasteiger partial charge in [-0.1, -0.05) is 31.5 Å². The SMILES string of the molecule is CCCNNc1nc(CC)n(-c2cccc(Cl)c2)c(=O)n1. The number of hydrogen-bond acceptors (Lipinski definition) is 5. The molecule has 0 atom stereocenters. The van der Waals surface area contributed by atoms with Crippen LogP contribution in [0.1, 0.15) is 26.1 Å². The third kappa shape index (κ3) is 3.80. The lowest BCUT2D eigenvalue weighted by Gasteiger charge is -2.12. The van der Waals surface area contributed by atoms with E-state index in [1.807, 2.05) is 13.8 Å². The van der Waals surface area contributed by atoms with E-state index in [-0.39, 0.29) is 11.6 Å². The molecule has 21 heavy (non-hydrogen) atoms. The van der Waals surface area contributed by atoms with Gasteiger partial charge in [0.15, 0.2) is 0 Å². The largest absolute Gasteiger partial charge is 0.356 e. The van der Waals surface area contributed by atoms with Gasteiger partial charge in [0, 0.05) is 18.0 Å². The normalized spacial score (nSPS) is 10.6. The molecule has 0 saturated carbocycles. The summed E-state index contributed by atoms with van der Waals surface area (Å²) >= 11 is 5.98. The molecule has 0 fully saturated rings. The molecule has 0 spiro atoms. The number of anilines is 1. The van der Waals surface area contributed by atoms with Crippen molar-refractivity contribution in [2.45, 2.75) is 26.7 Å². The van der Waals surface area contributed by atoms with Gasteiger partial charge in [0.25, 0.3) is 0 Å². The second-order valence-electron chi connectivity index (χ2n) is 4.47. The lowest BCUT2D eigenvalue weighted by atomic mass is 10.3. The maximum Gasteiger partial charge on any atom is 0.356 e. The topological polar surface area (TPSA) is 71.8 Å². The zero-order chi connectivity index (χ0) is 15.2. The molecule has 6 nitrogen and oxygen atoms in total. The van der Waals surface area contributed by atoms with Gasteiger partial charge in [-0.05, 0) is 24.6 Å². The number of aromatic nitrogens is 3. The third-order valence-electron chi connectivity index (χ3n) is 2.84. The molecule has 2 N–H and O–H groups in total. The highest BCUT2D eigenvalue weighted by Gasteiger charge is 2.10. The smallest absolute Gasteiger partial charge is 0.289 e. The highest BCUT2D eigenvalue weighted by molar-refractivity contribution is 6.30. The van der Waals surface area contributed by atoms with Crippen LogP contribution in [0, 0.1) is 0 Å². The predicted molar refractivity (Wildman–Crippen MR) is 83.9 cm³/mol. The molecule has 0 aliphatic rings. The van der Waals surface area contributed by atoms with Gasteiger partial charge in [0.1, 0.15) is 5.82 Å². The summed E-state index contributed by atoms with van der Waals surface area (Å²) in [7, 11) is 0. The van der Waals surface area contributed by atoms with Crippen molar-refractivity contribution in [1.82, 2.24) is 20.0 Å². The Morgan fingerprint density at radius 2 is 2.10 bits per heavy atom. The molecule has 1 aromatic carbocycles. The van der Waals surface area contributed by atoms with E-state index in [1.165, 1.54) is 4.57 Å². The van der Waals surface area contributed by atoms with E-state index in [0.717, 1.165) is 13.0 Å². The van der Waals surface area contributed by atoms with Crippen molar-refractivity contribution in [2.24, 2.45) is 0 Å². The van der Waals surface area contributed by atoms with Gasteiger partial charge >= 0.3 is 5.69 Å². The van der Waals surface area contributed by atoms with Crippen LogP contribution in [-0.2, 0) is 6.42 Å². The first-order chi connectivity index (χ1) is 10.2. The molecule has 2 rings (SSSR count). The summed E-state index contributed by atoms with van der Waals surface area (Å²) in [6.07, 6.45) is 1.57. The summed E-state index contributed by atoms with van der Waals surface area (Å²) in [5.74, 6) is 0.904. The fourth-order valence-corrected chi connectivity index (χ4v) is 2.07. The highest BCUT2D eigenvalue weighted by atomic mass is 35.5. The Labute approximate surface area is 128 Å². The minimum absolute atomic E-state index is 0.281. The Kier molecular flexibility index (Phi) is 5.30. The van der Waals surface area contributed by atoms with Crippen molar-refractivity contribution in [2.75, 3.05) is 12.0 Å². The Morgan fingerprint density at radius 1 is 1.29 bits per heavy atom. The van der Waals surface area contributed by atoms with Gasteiger partial charge in [0.2, 0.25) is 5.95 Å². The summed E-state index contributed by atoms with van der Waals surface area (Å²) in [6.45, 7) is 4.75. The summed E-state index contributed by atoms with van der Waals surface area (Å²) < 4.78 is 1.47. The molecule has 0 aliphatic heterocycles. The number of halogens is 1. The summed E-state index contributed by atoms with van der Waals surface area (Å²) in [5, 5.41) is 0.563. The maximum atomic E-state index is 12.3. The summed E-state index contributed by atoms with van der Waals surface area (Å²) in [4.78, 5) is 20.6. The number of hydrogen-bond donors (Lipinski definition) is 2. The van der Waals surface area contributed by atoms with E-state index >= 15 is 0 Å². The van der Waals surface area contributed by atoms with Crippen molar-refractivity contribution in [3.8, 4) is 5.69 Å². The van der Waals surface area contributed by atoms with Gasteiger partial charge in [-0.2, -0.15) is 9.97 Å². The Hall–Kier alpha value is -1.92. The standard InChI is InChI=1S/C14H18ClN5O/c1-3-8-16-19-13-17-12(4-2)20(14(21)18-13)11-7-5-6-10(15)9-11/h5-7,9,16H,3-4,8H2,1-2H3,(H,18,19,21). The molecular formula is C14H18ClN5O. The molecule has 2 aromatic rings. The molecule has 0 bridgehead atoms. The first kappa shape index (κ1) is 15.5. The van der Waals surface area contributed by atoms with E-state index in [0.29, 0.717) is 23.0 Å². The van der Waals surface area contributed by atoms with Gasteiger partial charge in [-0.25, -0.2) is 14.8 Å². The van der Waals surface area contributed by atoms with Crippen LogP contribution in [0.4, 0.5) is 5.95 Å². The number of nitrogens with zero attached hydrogens (tertiary/aromatic N) is 3. The van der Waals surface area contributed by atoms with Crippen molar-refractivity contribution >= 4 is 17.5 Å². The molecule has 1 heterocycles. The lowest BCUT2D eigenvalue weighted by molar-refractivity contribution is 0.722. The van der Waals surface area contributed by atoms with Crippen LogP contribution < -0.4 is 16.5 Å². The first-order valence-corrected chi connectivity index (χ1v) is 7.28. The number of hydrazine groups is 1. The Balaban J connectivity index is 2.40. The average molecular weight is 308 g/mol. The average Bonchev–Trinajstić information content (AvgIpc) is 2.46. The van der Waals surface area contributed by atoms with Gasteiger partial charge in [-0.15, -0.1) is 0 Å². The Bertz CT molecular complexity index is 671. The van der Waals surface area contributed by atoms with Gasteiger partial charge in [0.05, 0.1) is 5.69 Å².